The molecular formula is C22H31N3O5. The van der Waals surface area contributed by atoms with Crippen molar-refractivity contribution in [3.63, 3.8) is 0 Å². The third-order valence-corrected chi connectivity index (χ3v) is 4.97. The Labute approximate surface area is 177 Å². The average molecular weight is 418 g/mol. The van der Waals surface area contributed by atoms with Crippen LogP contribution in [-0.4, -0.2) is 53.6 Å². The molecule has 2 heterocycles. The lowest BCUT2D eigenvalue weighted by Crippen LogP contribution is -2.40. The van der Waals surface area contributed by atoms with Crippen molar-refractivity contribution < 1.29 is 23.4 Å². The van der Waals surface area contributed by atoms with E-state index >= 15 is 0 Å². The van der Waals surface area contributed by atoms with E-state index in [-0.39, 0.29) is 0 Å². The van der Waals surface area contributed by atoms with Gasteiger partial charge in [0.2, 0.25) is 5.75 Å². The van der Waals surface area contributed by atoms with Gasteiger partial charge in [-0.3, -0.25) is 0 Å². The number of methoxy groups -OCH3 is 3. The van der Waals surface area contributed by atoms with E-state index in [2.05, 4.69) is 10.6 Å². The summed E-state index contributed by atoms with van der Waals surface area (Å²) in [6.45, 7) is 3.63. The minimum atomic E-state index is 0.466. The first kappa shape index (κ1) is 21.8. The molecule has 1 fully saturated rings. The highest BCUT2D eigenvalue weighted by Gasteiger charge is 2.16. The molecular weight excluding hydrogens is 386 g/mol. The summed E-state index contributed by atoms with van der Waals surface area (Å²) >= 11 is 0. The van der Waals surface area contributed by atoms with Crippen LogP contribution in [0.2, 0.25) is 0 Å². The van der Waals surface area contributed by atoms with Gasteiger partial charge in [-0.15, -0.1) is 0 Å². The number of rotatable bonds is 10. The van der Waals surface area contributed by atoms with Gasteiger partial charge in [-0.2, -0.15) is 0 Å². The van der Waals surface area contributed by atoms with Gasteiger partial charge in [0.05, 0.1) is 40.7 Å². The molecule has 0 saturated carbocycles. The molecule has 8 nitrogen and oxygen atoms in total. The first-order valence-electron chi connectivity index (χ1n) is 10.1. The Morgan fingerprint density at radius 2 is 1.93 bits per heavy atom. The summed E-state index contributed by atoms with van der Waals surface area (Å²) in [6.07, 6.45) is 3.54. The van der Waals surface area contributed by atoms with Crippen LogP contribution in [0.3, 0.4) is 0 Å². The van der Waals surface area contributed by atoms with E-state index in [1.54, 1.807) is 27.6 Å². The van der Waals surface area contributed by atoms with Crippen molar-refractivity contribution in [1.29, 1.82) is 0 Å². The van der Waals surface area contributed by atoms with Crippen molar-refractivity contribution in [2.24, 2.45) is 10.9 Å². The van der Waals surface area contributed by atoms with Gasteiger partial charge < -0.3 is 34.0 Å². The molecule has 2 N–H and O–H groups in total. The van der Waals surface area contributed by atoms with Gasteiger partial charge in [-0.05, 0) is 36.2 Å². The molecule has 0 radical (unpaired) electrons. The molecule has 0 bridgehead atoms. The van der Waals surface area contributed by atoms with E-state index in [0.29, 0.717) is 29.7 Å². The lowest BCUT2D eigenvalue weighted by molar-refractivity contribution is 0.186. The van der Waals surface area contributed by atoms with Crippen LogP contribution in [0.1, 0.15) is 17.7 Å². The van der Waals surface area contributed by atoms with Crippen molar-refractivity contribution in [3.05, 3.63) is 41.9 Å². The first-order valence-corrected chi connectivity index (χ1v) is 10.1. The fraction of sp³-hybridized carbons (Fsp3) is 0.500. The van der Waals surface area contributed by atoms with Crippen molar-refractivity contribution >= 4 is 5.96 Å². The third-order valence-electron chi connectivity index (χ3n) is 4.97. The van der Waals surface area contributed by atoms with Crippen LogP contribution < -0.4 is 24.8 Å². The fourth-order valence-corrected chi connectivity index (χ4v) is 3.32. The molecule has 1 saturated heterocycles. The Bertz CT molecular complexity index is 776. The molecule has 3 rings (SSSR count). The smallest absolute Gasteiger partial charge is 0.203 e. The Morgan fingerprint density at radius 3 is 2.53 bits per heavy atom. The molecule has 0 aliphatic carbocycles. The number of hydrogen-bond acceptors (Lipinski definition) is 6. The predicted octanol–water partition coefficient (Wildman–Crippen LogP) is 2.62. The maximum Gasteiger partial charge on any atom is 0.203 e. The summed E-state index contributed by atoms with van der Waals surface area (Å²) in [5.74, 6) is 4.00. The largest absolute Gasteiger partial charge is 0.493 e. The summed E-state index contributed by atoms with van der Waals surface area (Å²) in [4.78, 5) is 4.75. The Morgan fingerprint density at radius 1 is 1.13 bits per heavy atom. The van der Waals surface area contributed by atoms with E-state index in [0.717, 1.165) is 56.4 Å². The van der Waals surface area contributed by atoms with Gasteiger partial charge in [0, 0.05) is 32.0 Å². The molecule has 1 aliphatic rings. The predicted molar refractivity (Wildman–Crippen MR) is 115 cm³/mol. The van der Waals surface area contributed by atoms with Gasteiger partial charge in [0.1, 0.15) is 5.76 Å². The molecule has 0 spiro atoms. The minimum absolute atomic E-state index is 0.466. The number of nitrogens with one attached hydrogen (secondary N) is 2. The zero-order chi connectivity index (χ0) is 21.2. The number of ether oxygens (including phenoxy) is 4. The van der Waals surface area contributed by atoms with Crippen molar-refractivity contribution in [2.75, 3.05) is 47.6 Å². The van der Waals surface area contributed by atoms with Crippen molar-refractivity contribution in [1.82, 2.24) is 10.6 Å². The highest BCUT2D eigenvalue weighted by atomic mass is 16.5. The van der Waals surface area contributed by atoms with Crippen LogP contribution in [0.5, 0.6) is 17.2 Å². The van der Waals surface area contributed by atoms with Gasteiger partial charge in [0.25, 0.3) is 0 Å². The van der Waals surface area contributed by atoms with Crippen LogP contribution in [-0.2, 0) is 17.7 Å². The van der Waals surface area contributed by atoms with Crippen molar-refractivity contribution in [2.45, 2.75) is 19.4 Å². The Balaban J connectivity index is 1.67. The molecule has 1 aromatic carbocycles. The van der Waals surface area contributed by atoms with Gasteiger partial charge in [-0.1, -0.05) is 0 Å². The quantitative estimate of drug-likeness (QED) is 0.454. The summed E-state index contributed by atoms with van der Waals surface area (Å²) in [7, 11) is 4.81. The van der Waals surface area contributed by atoms with E-state index in [4.69, 9.17) is 28.4 Å². The fourth-order valence-electron chi connectivity index (χ4n) is 3.32. The lowest BCUT2D eigenvalue weighted by Gasteiger charge is -2.16. The second-order valence-electron chi connectivity index (χ2n) is 7.07. The molecule has 8 heteroatoms. The minimum Gasteiger partial charge on any atom is -0.493 e. The standard InChI is InChI=1S/C22H31N3O5/c1-26-19-11-17(12-20(27-2)21(19)28-3)14-25-22(24-13-16-7-10-29-15-16)23-8-6-18-5-4-9-30-18/h4-5,9,11-12,16H,6-8,10,13-15H2,1-3H3,(H2,23,24,25). The van der Waals surface area contributed by atoms with Crippen LogP contribution >= 0.6 is 0 Å². The van der Waals surface area contributed by atoms with E-state index in [1.807, 2.05) is 24.3 Å². The summed E-state index contributed by atoms with van der Waals surface area (Å²) < 4.78 is 27.1. The molecule has 2 aromatic rings. The molecule has 0 amide bonds. The molecule has 1 aromatic heterocycles. The Hall–Kier alpha value is -2.87. The topological polar surface area (TPSA) is 86.5 Å². The number of benzene rings is 1. The maximum absolute atomic E-state index is 5.47. The molecule has 30 heavy (non-hydrogen) atoms. The highest BCUT2D eigenvalue weighted by Crippen LogP contribution is 2.38. The van der Waals surface area contributed by atoms with Crippen LogP contribution in [0.15, 0.2) is 39.9 Å². The number of hydrogen-bond donors (Lipinski definition) is 2. The van der Waals surface area contributed by atoms with Crippen LogP contribution in [0.4, 0.5) is 0 Å². The molecule has 1 atom stereocenters. The monoisotopic (exact) mass is 417 g/mol. The number of nitrogens with zero attached hydrogens (tertiary/aromatic N) is 1. The maximum atomic E-state index is 5.47. The molecule has 1 unspecified atom stereocenters. The van der Waals surface area contributed by atoms with Gasteiger partial charge >= 0.3 is 0 Å². The van der Waals surface area contributed by atoms with Gasteiger partial charge in [-0.25, -0.2) is 4.99 Å². The zero-order valence-corrected chi connectivity index (χ0v) is 17.9. The summed E-state index contributed by atoms with van der Waals surface area (Å²) in [5, 5.41) is 6.82. The Kier molecular flexibility index (Phi) is 8.26. The summed E-state index contributed by atoms with van der Waals surface area (Å²) in [5.41, 5.74) is 0.959. The van der Waals surface area contributed by atoms with E-state index < -0.39 is 0 Å². The first-order chi connectivity index (χ1) is 14.7. The third kappa shape index (κ3) is 6.06. The van der Waals surface area contributed by atoms with E-state index in [1.165, 1.54) is 0 Å². The second kappa shape index (κ2) is 11.3. The number of aliphatic imine (C=N–C) groups is 1. The number of guanidine groups is 1. The van der Waals surface area contributed by atoms with Crippen LogP contribution in [0.25, 0.3) is 0 Å². The van der Waals surface area contributed by atoms with Gasteiger partial charge in [0.15, 0.2) is 17.5 Å². The number of furan rings is 1. The SMILES string of the molecule is COc1cc(CN=C(NCCc2ccco2)NCC2CCOC2)cc(OC)c1OC. The summed E-state index contributed by atoms with van der Waals surface area (Å²) in [6, 6.07) is 7.69. The molecule has 1 aliphatic heterocycles. The molecule has 164 valence electrons. The van der Waals surface area contributed by atoms with E-state index in [9.17, 15) is 0 Å². The lowest BCUT2D eigenvalue weighted by atomic mass is 10.1. The average Bonchev–Trinajstić information content (AvgIpc) is 3.48. The van der Waals surface area contributed by atoms with Crippen LogP contribution in [0, 0.1) is 5.92 Å². The zero-order valence-electron chi connectivity index (χ0n) is 17.9. The highest BCUT2D eigenvalue weighted by molar-refractivity contribution is 5.79. The second-order valence-corrected chi connectivity index (χ2v) is 7.07. The van der Waals surface area contributed by atoms with Crippen molar-refractivity contribution in [3.8, 4) is 17.2 Å². The normalized spacial score (nSPS) is 16.4.